The number of hydrogen-bond donors (Lipinski definition) is 0. The number of aromatic nitrogens is 2. The highest BCUT2D eigenvalue weighted by molar-refractivity contribution is 5.77. The van der Waals surface area contributed by atoms with E-state index in [1.807, 2.05) is 53.2 Å². The SMILES string of the molecule is COc1ccc(CCC(=O)N2CCCCC2c2ccnn2C)cc1. The van der Waals surface area contributed by atoms with Gasteiger partial charge in [0.25, 0.3) is 0 Å². The van der Waals surface area contributed by atoms with Crippen molar-refractivity contribution in [2.75, 3.05) is 13.7 Å². The van der Waals surface area contributed by atoms with Crippen molar-refractivity contribution in [1.29, 1.82) is 0 Å². The number of rotatable bonds is 5. The maximum absolute atomic E-state index is 12.8. The molecule has 1 unspecified atom stereocenters. The van der Waals surface area contributed by atoms with Crippen LogP contribution in [0.5, 0.6) is 5.75 Å². The summed E-state index contributed by atoms with van der Waals surface area (Å²) in [5.74, 6) is 1.08. The lowest BCUT2D eigenvalue weighted by atomic mass is 9.98. The molecule has 2 aromatic rings. The fraction of sp³-hybridized carbons (Fsp3) is 0.474. The lowest BCUT2D eigenvalue weighted by Crippen LogP contribution is -2.39. The van der Waals surface area contributed by atoms with Gasteiger partial charge in [-0.05, 0) is 49.4 Å². The van der Waals surface area contributed by atoms with Crippen LogP contribution in [0.1, 0.15) is 43.0 Å². The van der Waals surface area contributed by atoms with E-state index in [0.29, 0.717) is 6.42 Å². The molecule has 0 aliphatic carbocycles. The third-order valence-corrected chi connectivity index (χ3v) is 4.81. The van der Waals surface area contributed by atoms with Crippen molar-refractivity contribution in [3.8, 4) is 5.75 Å². The number of likely N-dealkylation sites (tertiary alicyclic amines) is 1. The highest BCUT2D eigenvalue weighted by atomic mass is 16.5. The topological polar surface area (TPSA) is 47.4 Å². The minimum atomic E-state index is 0.162. The third-order valence-electron chi connectivity index (χ3n) is 4.81. The molecule has 0 bridgehead atoms. The van der Waals surface area contributed by atoms with E-state index in [0.717, 1.165) is 43.7 Å². The fourth-order valence-electron chi connectivity index (χ4n) is 3.44. The van der Waals surface area contributed by atoms with Gasteiger partial charge in [-0.2, -0.15) is 5.10 Å². The van der Waals surface area contributed by atoms with Crippen molar-refractivity contribution in [3.05, 3.63) is 47.8 Å². The summed E-state index contributed by atoms with van der Waals surface area (Å²) in [7, 11) is 3.61. The zero-order chi connectivity index (χ0) is 16.9. The van der Waals surface area contributed by atoms with E-state index in [1.165, 1.54) is 5.56 Å². The van der Waals surface area contributed by atoms with Crippen LogP contribution in [-0.2, 0) is 18.3 Å². The summed E-state index contributed by atoms with van der Waals surface area (Å²) in [4.78, 5) is 14.8. The molecule has 1 fully saturated rings. The van der Waals surface area contributed by atoms with Crippen LogP contribution < -0.4 is 4.74 Å². The first-order chi connectivity index (χ1) is 11.7. The number of piperidine rings is 1. The van der Waals surface area contributed by atoms with Gasteiger partial charge in [-0.25, -0.2) is 0 Å². The Morgan fingerprint density at radius 3 is 2.71 bits per heavy atom. The van der Waals surface area contributed by atoms with E-state index < -0.39 is 0 Å². The van der Waals surface area contributed by atoms with Crippen LogP contribution in [0.4, 0.5) is 0 Å². The molecule has 1 aromatic carbocycles. The van der Waals surface area contributed by atoms with Crippen molar-refractivity contribution in [1.82, 2.24) is 14.7 Å². The molecule has 1 aliphatic heterocycles. The first kappa shape index (κ1) is 16.6. The van der Waals surface area contributed by atoms with Crippen LogP contribution in [0.25, 0.3) is 0 Å². The monoisotopic (exact) mass is 327 g/mol. The van der Waals surface area contributed by atoms with Gasteiger partial charge < -0.3 is 9.64 Å². The molecular formula is C19H25N3O2. The lowest BCUT2D eigenvalue weighted by Gasteiger charge is -2.36. The molecule has 1 amide bonds. The van der Waals surface area contributed by atoms with Gasteiger partial charge in [0.2, 0.25) is 5.91 Å². The zero-order valence-electron chi connectivity index (χ0n) is 14.4. The smallest absolute Gasteiger partial charge is 0.223 e. The van der Waals surface area contributed by atoms with E-state index >= 15 is 0 Å². The Balaban J connectivity index is 1.64. The Bertz CT molecular complexity index is 678. The number of benzene rings is 1. The van der Waals surface area contributed by atoms with Gasteiger partial charge in [-0.15, -0.1) is 0 Å². The summed E-state index contributed by atoms with van der Waals surface area (Å²) in [6.45, 7) is 0.845. The largest absolute Gasteiger partial charge is 0.497 e. The predicted octanol–water partition coefficient (Wildman–Crippen LogP) is 3.12. The molecule has 128 valence electrons. The highest BCUT2D eigenvalue weighted by Gasteiger charge is 2.29. The van der Waals surface area contributed by atoms with Crippen LogP contribution in [-0.4, -0.2) is 34.2 Å². The van der Waals surface area contributed by atoms with Crippen molar-refractivity contribution in [2.45, 2.75) is 38.1 Å². The molecule has 3 rings (SSSR count). The number of carbonyl (C=O) groups is 1. The lowest BCUT2D eigenvalue weighted by molar-refractivity contribution is -0.135. The van der Waals surface area contributed by atoms with Gasteiger partial charge >= 0.3 is 0 Å². The molecule has 2 heterocycles. The molecule has 1 saturated heterocycles. The van der Waals surface area contributed by atoms with E-state index in [4.69, 9.17) is 4.74 Å². The minimum absolute atomic E-state index is 0.162. The van der Waals surface area contributed by atoms with Crippen molar-refractivity contribution >= 4 is 5.91 Å². The molecular weight excluding hydrogens is 302 g/mol. The van der Waals surface area contributed by atoms with Crippen LogP contribution in [0, 0.1) is 0 Å². The summed E-state index contributed by atoms with van der Waals surface area (Å²) in [6.07, 6.45) is 6.39. The molecule has 1 aliphatic rings. The second-order valence-corrected chi connectivity index (χ2v) is 6.33. The van der Waals surface area contributed by atoms with E-state index in [1.54, 1.807) is 7.11 Å². The van der Waals surface area contributed by atoms with Gasteiger partial charge in [-0.3, -0.25) is 9.48 Å². The van der Waals surface area contributed by atoms with Gasteiger partial charge in [0.1, 0.15) is 5.75 Å². The van der Waals surface area contributed by atoms with Gasteiger partial charge in [0, 0.05) is 26.2 Å². The Morgan fingerprint density at radius 1 is 1.25 bits per heavy atom. The first-order valence-electron chi connectivity index (χ1n) is 8.59. The normalized spacial score (nSPS) is 17.8. The zero-order valence-corrected chi connectivity index (χ0v) is 14.4. The number of aryl methyl sites for hydroxylation is 2. The summed E-state index contributed by atoms with van der Waals surface area (Å²) in [5, 5.41) is 4.26. The van der Waals surface area contributed by atoms with Gasteiger partial charge in [0.15, 0.2) is 0 Å². The number of nitrogens with zero attached hydrogens (tertiary/aromatic N) is 3. The number of hydrogen-bond acceptors (Lipinski definition) is 3. The standard InChI is InChI=1S/C19H25N3O2/c1-21-17(12-13-20-21)18-5-3-4-14-22(18)19(23)11-8-15-6-9-16(24-2)10-7-15/h6-7,9-10,12-13,18H,3-5,8,11,14H2,1-2H3. The van der Waals surface area contributed by atoms with E-state index in [2.05, 4.69) is 5.10 Å². The summed E-state index contributed by atoms with van der Waals surface area (Å²) in [6, 6.07) is 10.1. The second kappa shape index (κ2) is 7.51. The van der Waals surface area contributed by atoms with Crippen LogP contribution in [0.2, 0.25) is 0 Å². The Labute approximate surface area is 143 Å². The van der Waals surface area contributed by atoms with E-state index in [-0.39, 0.29) is 11.9 Å². The maximum Gasteiger partial charge on any atom is 0.223 e. The van der Waals surface area contributed by atoms with Crippen LogP contribution >= 0.6 is 0 Å². The third kappa shape index (κ3) is 3.61. The molecule has 0 N–H and O–H groups in total. The number of ether oxygens (including phenoxy) is 1. The summed E-state index contributed by atoms with van der Waals surface area (Å²) < 4.78 is 7.06. The second-order valence-electron chi connectivity index (χ2n) is 6.33. The minimum Gasteiger partial charge on any atom is -0.497 e. The molecule has 1 aromatic heterocycles. The molecule has 5 heteroatoms. The first-order valence-corrected chi connectivity index (χ1v) is 8.59. The molecule has 0 radical (unpaired) electrons. The Morgan fingerprint density at radius 2 is 2.04 bits per heavy atom. The molecule has 0 spiro atoms. The fourth-order valence-corrected chi connectivity index (χ4v) is 3.44. The van der Waals surface area contributed by atoms with E-state index in [9.17, 15) is 4.79 Å². The number of carbonyl (C=O) groups excluding carboxylic acids is 1. The Kier molecular flexibility index (Phi) is 5.18. The quantitative estimate of drug-likeness (QED) is 0.848. The predicted molar refractivity (Wildman–Crippen MR) is 92.8 cm³/mol. The molecule has 0 saturated carbocycles. The average Bonchev–Trinajstić information content (AvgIpc) is 3.06. The number of methoxy groups -OCH3 is 1. The van der Waals surface area contributed by atoms with Gasteiger partial charge in [0.05, 0.1) is 18.8 Å². The van der Waals surface area contributed by atoms with Gasteiger partial charge in [-0.1, -0.05) is 12.1 Å². The van der Waals surface area contributed by atoms with Crippen molar-refractivity contribution < 1.29 is 9.53 Å². The molecule has 24 heavy (non-hydrogen) atoms. The van der Waals surface area contributed by atoms with Crippen LogP contribution in [0.15, 0.2) is 36.5 Å². The molecule has 1 atom stereocenters. The average molecular weight is 327 g/mol. The highest BCUT2D eigenvalue weighted by Crippen LogP contribution is 2.31. The van der Waals surface area contributed by atoms with Crippen LogP contribution in [0.3, 0.4) is 0 Å². The number of amides is 1. The van der Waals surface area contributed by atoms with Crippen molar-refractivity contribution in [2.24, 2.45) is 7.05 Å². The summed E-state index contributed by atoms with van der Waals surface area (Å²) in [5.41, 5.74) is 2.30. The Hall–Kier alpha value is -2.30. The molecule has 5 nitrogen and oxygen atoms in total. The van der Waals surface area contributed by atoms with Crippen molar-refractivity contribution in [3.63, 3.8) is 0 Å². The summed E-state index contributed by atoms with van der Waals surface area (Å²) >= 11 is 0. The maximum atomic E-state index is 12.8.